The minimum atomic E-state index is -0.264. The summed E-state index contributed by atoms with van der Waals surface area (Å²) in [6.45, 7) is 1.85. The van der Waals surface area contributed by atoms with Gasteiger partial charge in [0.15, 0.2) is 6.10 Å². The monoisotopic (exact) mass is 222 g/mol. The van der Waals surface area contributed by atoms with E-state index >= 15 is 0 Å². The molecule has 0 aliphatic carbocycles. The second kappa shape index (κ2) is 4.27. The highest BCUT2D eigenvalue weighted by atomic mass is 32.1. The maximum atomic E-state index is 5.59. The molecule has 0 aliphatic rings. The molecule has 4 nitrogen and oxygen atoms in total. The van der Waals surface area contributed by atoms with E-state index in [-0.39, 0.29) is 10.9 Å². The molecule has 2 aromatic rings. The molecule has 1 atom stereocenters. The highest BCUT2D eigenvalue weighted by molar-refractivity contribution is 7.71. The molecule has 0 radical (unpaired) electrons. The van der Waals surface area contributed by atoms with E-state index in [0.717, 1.165) is 5.75 Å². The van der Waals surface area contributed by atoms with Crippen molar-refractivity contribution >= 4 is 12.2 Å². The average Bonchev–Trinajstić information content (AvgIpc) is 2.66. The standard InChI is InChI=1S/C10H10N2O2S/c1-7(9-11-12-10(15)14-9)13-8-5-3-2-4-6-8/h2-7H,1H3,(H,12,15). The SMILES string of the molecule is CC(Oc1ccccc1)c1n[nH]c(=S)o1. The quantitative estimate of drug-likeness (QED) is 0.811. The van der Waals surface area contributed by atoms with Gasteiger partial charge in [0.1, 0.15) is 5.75 Å². The summed E-state index contributed by atoms with van der Waals surface area (Å²) in [6.07, 6.45) is -0.264. The number of hydrogen-bond acceptors (Lipinski definition) is 4. The van der Waals surface area contributed by atoms with E-state index in [2.05, 4.69) is 10.2 Å². The zero-order chi connectivity index (χ0) is 10.7. The zero-order valence-corrected chi connectivity index (χ0v) is 8.95. The molecule has 1 aromatic heterocycles. The fourth-order valence-corrected chi connectivity index (χ4v) is 1.30. The zero-order valence-electron chi connectivity index (χ0n) is 8.14. The fourth-order valence-electron chi connectivity index (χ4n) is 1.17. The van der Waals surface area contributed by atoms with E-state index in [9.17, 15) is 0 Å². The van der Waals surface area contributed by atoms with Crippen LogP contribution in [-0.2, 0) is 0 Å². The molecule has 78 valence electrons. The van der Waals surface area contributed by atoms with Crippen molar-refractivity contribution in [3.05, 3.63) is 41.1 Å². The van der Waals surface area contributed by atoms with E-state index in [1.165, 1.54) is 0 Å². The molecular weight excluding hydrogens is 212 g/mol. The van der Waals surface area contributed by atoms with Crippen molar-refractivity contribution in [2.75, 3.05) is 0 Å². The van der Waals surface area contributed by atoms with Gasteiger partial charge in [0.05, 0.1) is 0 Å². The lowest BCUT2D eigenvalue weighted by Gasteiger charge is -2.09. The fraction of sp³-hybridized carbons (Fsp3) is 0.200. The summed E-state index contributed by atoms with van der Waals surface area (Å²) < 4.78 is 10.7. The van der Waals surface area contributed by atoms with E-state index < -0.39 is 0 Å². The number of rotatable bonds is 3. The van der Waals surface area contributed by atoms with Crippen LogP contribution in [-0.4, -0.2) is 10.2 Å². The number of nitrogens with zero attached hydrogens (tertiary/aromatic N) is 1. The number of aromatic amines is 1. The Morgan fingerprint density at radius 3 is 2.73 bits per heavy atom. The number of benzene rings is 1. The molecule has 0 bridgehead atoms. The average molecular weight is 222 g/mol. The predicted octanol–water partition coefficient (Wildman–Crippen LogP) is 2.87. The van der Waals surface area contributed by atoms with Crippen molar-refractivity contribution in [3.8, 4) is 5.75 Å². The lowest BCUT2D eigenvalue weighted by atomic mass is 10.3. The first kappa shape index (κ1) is 9.92. The third-order valence-corrected chi connectivity index (χ3v) is 2.03. The lowest BCUT2D eigenvalue weighted by molar-refractivity contribution is 0.187. The van der Waals surface area contributed by atoms with Crippen LogP contribution in [0.25, 0.3) is 0 Å². The third kappa shape index (κ3) is 2.44. The highest BCUT2D eigenvalue weighted by Crippen LogP contribution is 2.19. The van der Waals surface area contributed by atoms with Gasteiger partial charge in [-0.15, -0.1) is 5.10 Å². The normalized spacial score (nSPS) is 12.3. The van der Waals surface area contributed by atoms with Gasteiger partial charge in [0.25, 0.3) is 10.7 Å². The van der Waals surface area contributed by atoms with E-state index in [1.807, 2.05) is 37.3 Å². The predicted molar refractivity (Wildman–Crippen MR) is 57.2 cm³/mol. The molecule has 0 saturated heterocycles. The van der Waals surface area contributed by atoms with Gasteiger partial charge in [0.2, 0.25) is 0 Å². The number of nitrogens with one attached hydrogen (secondary N) is 1. The number of ether oxygens (including phenoxy) is 1. The Hall–Kier alpha value is -1.62. The molecule has 0 spiro atoms. The summed E-state index contributed by atoms with van der Waals surface area (Å²) in [7, 11) is 0. The highest BCUT2D eigenvalue weighted by Gasteiger charge is 2.12. The summed E-state index contributed by atoms with van der Waals surface area (Å²) >= 11 is 4.78. The van der Waals surface area contributed by atoms with Crippen LogP contribution >= 0.6 is 12.2 Å². The summed E-state index contributed by atoms with van der Waals surface area (Å²) in [6, 6.07) is 9.48. The van der Waals surface area contributed by atoms with Gasteiger partial charge in [-0.25, -0.2) is 5.10 Å². The minimum absolute atomic E-state index is 0.258. The van der Waals surface area contributed by atoms with E-state index in [0.29, 0.717) is 5.89 Å². The van der Waals surface area contributed by atoms with Gasteiger partial charge in [-0.1, -0.05) is 18.2 Å². The Bertz CT molecular complexity index is 477. The number of hydrogen-bond donors (Lipinski definition) is 1. The molecular formula is C10H10N2O2S. The summed E-state index contributed by atoms with van der Waals surface area (Å²) in [5.74, 6) is 1.22. The molecule has 0 aliphatic heterocycles. The number of aromatic nitrogens is 2. The molecule has 2 rings (SSSR count). The van der Waals surface area contributed by atoms with Crippen LogP contribution in [0.5, 0.6) is 5.75 Å². The van der Waals surface area contributed by atoms with Crippen molar-refractivity contribution < 1.29 is 9.15 Å². The molecule has 15 heavy (non-hydrogen) atoms. The third-order valence-electron chi connectivity index (χ3n) is 1.86. The van der Waals surface area contributed by atoms with Crippen LogP contribution < -0.4 is 4.74 Å². The summed E-state index contributed by atoms with van der Waals surface area (Å²) in [5.41, 5.74) is 0. The molecule has 1 heterocycles. The van der Waals surface area contributed by atoms with Crippen molar-refractivity contribution in [1.82, 2.24) is 10.2 Å². The maximum absolute atomic E-state index is 5.59. The molecule has 5 heteroatoms. The molecule has 1 unspecified atom stereocenters. The largest absolute Gasteiger partial charge is 0.481 e. The Morgan fingerprint density at radius 2 is 2.13 bits per heavy atom. The van der Waals surface area contributed by atoms with Crippen molar-refractivity contribution in [2.45, 2.75) is 13.0 Å². The van der Waals surface area contributed by atoms with Crippen LogP contribution in [0.3, 0.4) is 0 Å². The molecule has 0 amide bonds. The summed E-state index contributed by atoms with van der Waals surface area (Å²) in [5, 5.41) is 6.44. The lowest BCUT2D eigenvalue weighted by Crippen LogP contribution is -2.03. The Balaban J connectivity index is 2.10. The van der Waals surface area contributed by atoms with Crippen LogP contribution in [0.2, 0.25) is 0 Å². The van der Waals surface area contributed by atoms with Gasteiger partial charge in [-0.2, -0.15) is 0 Å². The summed E-state index contributed by atoms with van der Waals surface area (Å²) in [4.78, 5) is 0.258. The van der Waals surface area contributed by atoms with Crippen molar-refractivity contribution in [3.63, 3.8) is 0 Å². The topological polar surface area (TPSA) is 51.0 Å². The molecule has 0 saturated carbocycles. The van der Waals surface area contributed by atoms with Crippen LogP contribution in [0.1, 0.15) is 18.9 Å². The van der Waals surface area contributed by atoms with E-state index in [4.69, 9.17) is 21.4 Å². The van der Waals surface area contributed by atoms with Crippen LogP contribution in [0.15, 0.2) is 34.7 Å². The second-order valence-electron chi connectivity index (χ2n) is 3.02. The second-order valence-corrected chi connectivity index (χ2v) is 3.40. The first-order chi connectivity index (χ1) is 7.25. The number of H-pyrrole nitrogens is 1. The Morgan fingerprint density at radius 1 is 1.40 bits per heavy atom. The first-order valence-electron chi connectivity index (χ1n) is 4.53. The van der Waals surface area contributed by atoms with E-state index in [1.54, 1.807) is 0 Å². The Labute approximate surface area is 91.9 Å². The van der Waals surface area contributed by atoms with Gasteiger partial charge in [0, 0.05) is 0 Å². The Kier molecular flexibility index (Phi) is 2.82. The molecule has 1 aromatic carbocycles. The van der Waals surface area contributed by atoms with Gasteiger partial charge in [-0.3, -0.25) is 0 Å². The van der Waals surface area contributed by atoms with Crippen LogP contribution in [0, 0.1) is 4.84 Å². The van der Waals surface area contributed by atoms with Gasteiger partial charge in [-0.05, 0) is 31.3 Å². The minimum Gasteiger partial charge on any atom is -0.481 e. The van der Waals surface area contributed by atoms with Gasteiger partial charge >= 0.3 is 0 Å². The van der Waals surface area contributed by atoms with Crippen molar-refractivity contribution in [1.29, 1.82) is 0 Å². The van der Waals surface area contributed by atoms with Gasteiger partial charge < -0.3 is 9.15 Å². The molecule has 0 fully saturated rings. The van der Waals surface area contributed by atoms with Crippen LogP contribution in [0.4, 0.5) is 0 Å². The number of para-hydroxylation sites is 1. The molecule has 1 N–H and O–H groups in total. The first-order valence-corrected chi connectivity index (χ1v) is 4.93. The van der Waals surface area contributed by atoms with Crippen molar-refractivity contribution in [2.24, 2.45) is 0 Å². The smallest absolute Gasteiger partial charge is 0.284 e. The maximum Gasteiger partial charge on any atom is 0.284 e.